The number of rotatable bonds is 6. The predicted octanol–water partition coefficient (Wildman–Crippen LogP) is 3.55. The van der Waals surface area contributed by atoms with Gasteiger partial charge < -0.3 is 11.1 Å². The molecule has 0 aliphatic heterocycles. The molecule has 0 spiro atoms. The molecule has 0 bridgehead atoms. The Bertz CT molecular complexity index is 1710. The number of nitrogens with two attached hydrogens (primary N) is 1. The summed E-state index contributed by atoms with van der Waals surface area (Å²) in [5.41, 5.74) is 6.80. The van der Waals surface area contributed by atoms with Gasteiger partial charge in [-0.1, -0.05) is 47.4 Å². The number of halogens is 3. The second-order valence-corrected chi connectivity index (χ2v) is 9.99. The highest BCUT2D eigenvalue weighted by Gasteiger charge is 2.41. The summed E-state index contributed by atoms with van der Waals surface area (Å²) in [4.78, 5) is 21.6. The van der Waals surface area contributed by atoms with Crippen molar-refractivity contribution in [3.8, 4) is 16.9 Å². The summed E-state index contributed by atoms with van der Waals surface area (Å²) < 4.78 is 44.6. The molecule has 5 rings (SSSR count). The average molecular weight is 544 g/mol. The number of aryl methyl sites for hydroxylation is 1. The van der Waals surface area contributed by atoms with Gasteiger partial charge in [-0.05, 0) is 32.9 Å². The van der Waals surface area contributed by atoms with E-state index >= 15 is 0 Å². The number of amides is 1. The van der Waals surface area contributed by atoms with Crippen molar-refractivity contribution in [2.75, 3.05) is 12.3 Å². The van der Waals surface area contributed by atoms with E-state index < -0.39 is 28.9 Å². The lowest BCUT2D eigenvalue weighted by Gasteiger charge is -2.26. The van der Waals surface area contributed by atoms with Crippen LogP contribution < -0.4 is 16.5 Å². The summed E-state index contributed by atoms with van der Waals surface area (Å²) in [5, 5.41) is 11.8. The minimum atomic E-state index is -4.85. The van der Waals surface area contributed by atoms with Crippen LogP contribution in [0.1, 0.15) is 35.5 Å². The van der Waals surface area contributed by atoms with Crippen LogP contribution in [0.15, 0.2) is 61.1 Å². The molecule has 0 aliphatic carbocycles. The van der Waals surface area contributed by atoms with Crippen molar-refractivity contribution >= 4 is 36.1 Å². The largest absolute Gasteiger partial charge is 0.434 e. The molecule has 0 atom stereocenters. The van der Waals surface area contributed by atoms with Crippen LogP contribution in [-0.4, -0.2) is 49.8 Å². The van der Waals surface area contributed by atoms with Gasteiger partial charge in [0.25, 0.3) is 5.91 Å². The molecule has 3 heterocycles. The molecule has 9 nitrogen and oxygen atoms in total. The Kier molecular flexibility index (Phi) is 6.60. The van der Waals surface area contributed by atoms with Crippen LogP contribution in [0.3, 0.4) is 0 Å². The van der Waals surface area contributed by atoms with Crippen molar-refractivity contribution in [2.45, 2.75) is 32.5 Å². The lowest BCUT2D eigenvalue weighted by Crippen LogP contribution is -2.42. The molecule has 13 heteroatoms. The van der Waals surface area contributed by atoms with E-state index in [-0.39, 0.29) is 18.1 Å². The summed E-state index contributed by atoms with van der Waals surface area (Å²) in [7, 11) is 5.66. The third kappa shape index (κ3) is 4.90. The van der Waals surface area contributed by atoms with Crippen molar-refractivity contribution in [1.82, 2.24) is 34.8 Å². The topological polar surface area (TPSA) is 117 Å². The molecule has 202 valence electrons. The van der Waals surface area contributed by atoms with Crippen molar-refractivity contribution < 1.29 is 18.0 Å². The average Bonchev–Trinajstić information content (AvgIpc) is 3.52. The molecule has 0 aliphatic rings. The number of benzene rings is 2. The second-order valence-electron chi connectivity index (χ2n) is 9.99. The summed E-state index contributed by atoms with van der Waals surface area (Å²) in [6.45, 7) is 5.44. The molecule has 3 N–H and O–H groups in total. The third-order valence-corrected chi connectivity index (χ3v) is 6.49. The molecular formula is C27H24BF3N8O. The Balaban J connectivity index is 1.48. The summed E-state index contributed by atoms with van der Waals surface area (Å²) in [6, 6.07) is 13.4. The standard InChI is InChI=1S/C27H24BF3N8O/c1-15-4-6-16(7-5-15)21-20-23(32)34-14-35-24(20)39(37-21)26(2,3)13-33-25(40)19-12-36-38(22(19)27(29,30)31)18-10-8-17(28)9-11-18/h4-12,14H,13H2,1-3H3,(H,33,40)(H2,32,34,35). The number of aromatic nitrogens is 6. The molecule has 2 aromatic carbocycles. The maximum atomic E-state index is 14.1. The first-order valence-corrected chi connectivity index (χ1v) is 12.2. The van der Waals surface area contributed by atoms with Crippen molar-refractivity contribution in [3.05, 3.63) is 77.9 Å². The molecule has 0 saturated carbocycles. The number of hydrogen-bond acceptors (Lipinski definition) is 6. The highest BCUT2D eigenvalue weighted by molar-refractivity contribution is 6.32. The van der Waals surface area contributed by atoms with Crippen LogP contribution in [0.4, 0.5) is 19.0 Å². The van der Waals surface area contributed by atoms with E-state index in [4.69, 9.17) is 18.7 Å². The molecule has 1 amide bonds. The zero-order chi connectivity index (χ0) is 28.8. The van der Waals surface area contributed by atoms with E-state index in [0.29, 0.717) is 26.9 Å². The van der Waals surface area contributed by atoms with Gasteiger partial charge in [0.2, 0.25) is 0 Å². The molecule has 3 aromatic heterocycles. The maximum Gasteiger partial charge on any atom is 0.434 e. The summed E-state index contributed by atoms with van der Waals surface area (Å²) in [6.07, 6.45) is -2.64. The Morgan fingerprint density at radius 1 is 1.05 bits per heavy atom. The smallest absolute Gasteiger partial charge is 0.383 e. The molecule has 40 heavy (non-hydrogen) atoms. The van der Waals surface area contributed by atoms with Gasteiger partial charge in [-0.15, -0.1) is 0 Å². The molecule has 0 fully saturated rings. The van der Waals surface area contributed by atoms with Gasteiger partial charge in [0.1, 0.15) is 25.7 Å². The van der Waals surface area contributed by atoms with E-state index in [2.05, 4.69) is 20.4 Å². The number of nitrogens with one attached hydrogen (secondary N) is 1. The zero-order valence-electron chi connectivity index (χ0n) is 21.9. The van der Waals surface area contributed by atoms with E-state index in [1.807, 2.05) is 31.2 Å². The van der Waals surface area contributed by atoms with Crippen LogP contribution in [0.25, 0.3) is 28.0 Å². The number of hydrogen-bond donors (Lipinski definition) is 2. The summed E-state index contributed by atoms with van der Waals surface area (Å²) in [5.74, 6) is -0.706. The fraction of sp³-hybridized carbons (Fsp3) is 0.222. The minimum absolute atomic E-state index is 0.0792. The quantitative estimate of drug-likeness (QED) is 0.316. The maximum absolute atomic E-state index is 14.1. The van der Waals surface area contributed by atoms with Crippen LogP contribution >= 0.6 is 0 Å². The van der Waals surface area contributed by atoms with E-state index in [0.717, 1.165) is 17.3 Å². The van der Waals surface area contributed by atoms with Gasteiger partial charge in [0, 0.05) is 12.1 Å². The first-order valence-electron chi connectivity index (χ1n) is 12.2. The number of alkyl halides is 3. The van der Waals surface area contributed by atoms with E-state index in [9.17, 15) is 18.0 Å². The fourth-order valence-electron chi connectivity index (χ4n) is 4.38. The van der Waals surface area contributed by atoms with E-state index in [1.54, 1.807) is 18.5 Å². The third-order valence-electron chi connectivity index (χ3n) is 6.49. The second kappa shape index (κ2) is 9.81. The highest BCUT2D eigenvalue weighted by atomic mass is 19.4. The van der Waals surface area contributed by atoms with Crippen LogP contribution in [0.5, 0.6) is 0 Å². The fourth-order valence-corrected chi connectivity index (χ4v) is 4.38. The van der Waals surface area contributed by atoms with Gasteiger partial charge in [-0.3, -0.25) is 4.79 Å². The normalized spacial score (nSPS) is 12.2. The summed E-state index contributed by atoms with van der Waals surface area (Å²) >= 11 is 0. The first kappa shape index (κ1) is 26.9. The zero-order valence-corrected chi connectivity index (χ0v) is 21.9. The molecule has 0 saturated heterocycles. The van der Waals surface area contributed by atoms with Gasteiger partial charge in [0.15, 0.2) is 11.3 Å². The van der Waals surface area contributed by atoms with Gasteiger partial charge in [0.05, 0.1) is 28.4 Å². The van der Waals surface area contributed by atoms with Crippen molar-refractivity contribution in [3.63, 3.8) is 0 Å². The van der Waals surface area contributed by atoms with E-state index in [1.165, 1.54) is 30.6 Å². The number of carbonyl (C=O) groups is 1. The number of anilines is 1. The lowest BCUT2D eigenvalue weighted by atomic mass is 9.96. The van der Waals surface area contributed by atoms with Gasteiger partial charge in [-0.25, -0.2) is 19.3 Å². The SMILES string of the molecule is [B]c1ccc(-n2ncc(C(=O)NCC(C)(C)n3nc(-c4ccc(C)cc4)c4c(N)ncnc43)c2C(F)(F)F)cc1. The number of carbonyl (C=O) groups excluding carboxylic acids is 1. The monoisotopic (exact) mass is 544 g/mol. The van der Waals surface area contributed by atoms with Crippen molar-refractivity contribution in [1.29, 1.82) is 0 Å². The predicted molar refractivity (Wildman–Crippen MR) is 146 cm³/mol. The first-order chi connectivity index (χ1) is 18.9. The molecular weight excluding hydrogens is 520 g/mol. The number of nitrogen functional groups attached to an aromatic ring is 1. The highest BCUT2D eigenvalue weighted by Crippen LogP contribution is 2.35. The van der Waals surface area contributed by atoms with Gasteiger partial charge >= 0.3 is 6.18 Å². The van der Waals surface area contributed by atoms with Crippen LogP contribution in [0, 0.1) is 6.92 Å². The van der Waals surface area contributed by atoms with Crippen LogP contribution in [-0.2, 0) is 11.7 Å². The Hall–Kier alpha value is -4.68. The Labute approximate surface area is 228 Å². The lowest BCUT2D eigenvalue weighted by molar-refractivity contribution is -0.143. The molecule has 5 aromatic rings. The Morgan fingerprint density at radius 3 is 2.38 bits per heavy atom. The molecule has 2 radical (unpaired) electrons. The van der Waals surface area contributed by atoms with Gasteiger partial charge in [-0.2, -0.15) is 23.4 Å². The minimum Gasteiger partial charge on any atom is -0.383 e. The van der Waals surface area contributed by atoms with Crippen LogP contribution in [0.2, 0.25) is 0 Å². The number of nitrogens with zero attached hydrogens (tertiary/aromatic N) is 6. The van der Waals surface area contributed by atoms with Crippen molar-refractivity contribution in [2.24, 2.45) is 0 Å². The number of fused-ring (bicyclic) bond motifs is 1. The molecule has 0 unspecified atom stereocenters. The Morgan fingerprint density at radius 2 is 1.73 bits per heavy atom.